The van der Waals surface area contributed by atoms with Gasteiger partial charge in [-0.1, -0.05) is 37.3 Å². The summed E-state index contributed by atoms with van der Waals surface area (Å²) in [6.07, 6.45) is 5.54. The Balaban J connectivity index is 1.49. The third-order valence-corrected chi connectivity index (χ3v) is 5.34. The second-order valence-electron chi connectivity index (χ2n) is 6.39. The van der Waals surface area contributed by atoms with Crippen LogP contribution >= 0.6 is 0 Å². The molecule has 2 nitrogen and oxygen atoms in total. The molecule has 0 bridgehead atoms. The van der Waals surface area contributed by atoms with E-state index in [1.807, 2.05) is 0 Å². The average Bonchev–Trinajstić information content (AvgIpc) is 2.56. The summed E-state index contributed by atoms with van der Waals surface area (Å²) in [5, 5.41) is 0. The van der Waals surface area contributed by atoms with Gasteiger partial charge in [0.1, 0.15) is 0 Å². The minimum atomic E-state index is 0.810. The third kappa shape index (κ3) is 3.24. The molecule has 0 N–H and O–H groups in total. The van der Waals surface area contributed by atoms with Crippen molar-refractivity contribution in [2.24, 2.45) is 0 Å². The summed E-state index contributed by atoms with van der Waals surface area (Å²) < 4.78 is 0. The van der Waals surface area contributed by atoms with Crippen molar-refractivity contribution in [2.75, 3.05) is 32.7 Å². The van der Waals surface area contributed by atoms with Gasteiger partial charge < -0.3 is 4.90 Å². The predicted molar refractivity (Wildman–Crippen MR) is 85.1 cm³/mol. The van der Waals surface area contributed by atoms with E-state index in [1.54, 1.807) is 5.56 Å². The molecule has 1 saturated carbocycles. The van der Waals surface area contributed by atoms with E-state index in [2.05, 4.69) is 47.1 Å². The topological polar surface area (TPSA) is 6.48 Å². The smallest absolute Gasteiger partial charge is 0.0113 e. The monoisotopic (exact) mass is 272 g/mol. The van der Waals surface area contributed by atoms with Gasteiger partial charge in [-0.3, -0.25) is 4.90 Å². The van der Waals surface area contributed by atoms with Gasteiger partial charge in [-0.25, -0.2) is 0 Å². The van der Waals surface area contributed by atoms with Gasteiger partial charge in [0.05, 0.1) is 0 Å². The normalized spacial score (nSPS) is 29.4. The van der Waals surface area contributed by atoms with Gasteiger partial charge in [-0.15, -0.1) is 0 Å². The van der Waals surface area contributed by atoms with Crippen LogP contribution in [0.5, 0.6) is 0 Å². The summed E-state index contributed by atoms with van der Waals surface area (Å²) in [6, 6.07) is 12.0. The second kappa shape index (κ2) is 6.73. The molecule has 0 aromatic heterocycles. The number of benzene rings is 1. The van der Waals surface area contributed by atoms with Crippen LogP contribution in [0.1, 0.15) is 44.1 Å². The molecule has 1 saturated heterocycles. The molecule has 20 heavy (non-hydrogen) atoms. The van der Waals surface area contributed by atoms with Crippen LogP contribution in [0.25, 0.3) is 0 Å². The summed E-state index contributed by atoms with van der Waals surface area (Å²) in [5.74, 6) is 0.810. The lowest BCUT2D eigenvalue weighted by atomic mass is 9.81. The molecule has 0 unspecified atom stereocenters. The first-order chi connectivity index (χ1) is 9.86. The molecule has 1 aliphatic carbocycles. The molecule has 2 aliphatic rings. The number of hydrogen-bond acceptors (Lipinski definition) is 2. The first-order valence-corrected chi connectivity index (χ1v) is 8.38. The van der Waals surface area contributed by atoms with Crippen LogP contribution in [-0.2, 0) is 0 Å². The lowest BCUT2D eigenvalue weighted by Gasteiger charge is -2.41. The molecule has 0 amide bonds. The maximum absolute atomic E-state index is 2.76. The first-order valence-electron chi connectivity index (χ1n) is 8.38. The molecular formula is C18H28N2. The highest BCUT2D eigenvalue weighted by molar-refractivity contribution is 5.20. The molecule has 1 heterocycles. The lowest BCUT2D eigenvalue weighted by Crippen LogP contribution is -2.50. The van der Waals surface area contributed by atoms with E-state index in [0.717, 1.165) is 12.0 Å². The zero-order valence-corrected chi connectivity index (χ0v) is 12.8. The maximum Gasteiger partial charge on any atom is 0.0113 e. The predicted octanol–water partition coefficient (Wildman–Crippen LogP) is 3.35. The van der Waals surface area contributed by atoms with Gasteiger partial charge in [0.15, 0.2) is 0 Å². The Hall–Kier alpha value is -0.860. The van der Waals surface area contributed by atoms with E-state index in [0.29, 0.717) is 0 Å². The van der Waals surface area contributed by atoms with Gasteiger partial charge >= 0.3 is 0 Å². The highest BCUT2D eigenvalue weighted by atomic mass is 15.3. The van der Waals surface area contributed by atoms with Crippen LogP contribution in [0.4, 0.5) is 0 Å². The fourth-order valence-electron chi connectivity index (χ4n) is 3.94. The molecular weight excluding hydrogens is 244 g/mol. The summed E-state index contributed by atoms with van der Waals surface area (Å²) in [4.78, 5) is 5.33. The van der Waals surface area contributed by atoms with Crippen LogP contribution in [0.15, 0.2) is 30.3 Å². The third-order valence-electron chi connectivity index (χ3n) is 5.34. The van der Waals surface area contributed by atoms with E-state index in [4.69, 9.17) is 0 Å². The SMILES string of the molecule is CCN1CCN(C2CCC(c3ccccc3)CC2)CC1. The quantitative estimate of drug-likeness (QED) is 0.832. The van der Waals surface area contributed by atoms with Crippen molar-refractivity contribution >= 4 is 0 Å². The summed E-state index contributed by atoms with van der Waals surface area (Å²) in [6.45, 7) is 8.61. The van der Waals surface area contributed by atoms with E-state index in [1.165, 1.54) is 58.4 Å². The molecule has 3 rings (SSSR count). The van der Waals surface area contributed by atoms with Crippen molar-refractivity contribution in [3.63, 3.8) is 0 Å². The van der Waals surface area contributed by atoms with E-state index >= 15 is 0 Å². The zero-order valence-electron chi connectivity index (χ0n) is 12.8. The number of nitrogens with zero attached hydrogens (tertiary/aromatic N) is 2. The number of hydrogen-bond donors (Lipinski definition) is 0. The minimum Gasteiger partial charge on any atom is -0.301 e. The fourth-order valence-corrected chi connectivity index (χ4v) is 3.94. The zero-order chi connectivity index (χ0) is 13.8. The molecule has 1 aliphatic heterocycles. The first kappa shape index (κ1) is 14.1. The van der Waals surface area contributed by atoms with E-state index in [9.17, 15) is 0 Å². The van der Waals surface area contributed by atoms with Crippen LogP contribution < -0.4 is 0 Å². The van der Waals surface area contributed by atoms with Crippen molar-refractivity contribution < 1.29 is 0 Å². The largest absolute Gasteiger partial charge is 0.301 e. The standard InChI is InChI=1S/C18H28N2/c1-2-19-12-14-20(15-13-19)18-10-8-17(9-11-18)16-6-4-3-5-7-16/h3-7,17-18H,2,8-15H2,1H3. The molecule has 2 fully saturated rings. The second-order valence-corrected chi connectivity index (χ2v) is 6.39. The highest BCUT2D eigenvalue weighted by Crippen LogP contribution is 2.34. The van der Waals surface area contributed by atoms with Crippen LogP contribution in [0, 0.1) is 0 Å². The summed E-state index contributed by atoms with van der Waals surface area (Å²) >= 11 is 0. The van der Waals surface area contributed by atoms with Crippen molar-refractivity contribution in [1.82, 2.24) is 9.80 Å². The van der Waals surface area contributed by atoms with Gasteiger partial charge in [-0.05, 0) is 43.7 Å². The highest BCUT2D eigenvalue weighted by Gasteiger charge is 2.28. The van der Waals surface area contributed by atoms with E-state index < -0.39 is 0 Å². The molecule has 1 aromatic rings. The Bertz CT molecular complexity index is 387. The van der Waals surface area contributed by atoms with Crippen LogP contribution in [-0.4, -0.2) is 48.6 Å². The molecule has 1 aromatic carbocycles. The van der Waals surface area contributed by atoms with Gasteiger partial charge in [0.25, 0.3) is 0 Å². The van der Waals surface area contributed by atoms with Gasteiger partial charge in [0, 0.05) is 32.2 Å². The Morgan fingerprint density at radius 2 is 1.55 bits per heavy atom. The minimum absolute atomic E-state index is 0.810. The van der Waals surface area contributed by atoms with Crippen molar-refractivity contribution in [1.29, 1.82) is 0 Å². The Kier molecular flexibility index (Phi) is 4.74. The summed E-state index contributed by atoms with van der Waals surface area (Å²) in [7, 11) is 0. The Labute approximate surface area is 123 Å². The number of likely N-dealkylation sites (N-methyl/N-ethyl adjacent to an activating group) is 1. The van der Waals surface area contributed by atoms with Crippen molar-refractivity contribution in [2.45, 2.75) is 44.6 Å². The molecule has 0 radical (unpaired) electrons. The average molecular weight is 272 g/mol. The lowest BCUT2D eigenvalue weighted by molar-refractivity contribution is 0.0787. The van der Waals surface area contributed by atoms with Gasteiger partial charge in [0.2, 0.25) is 0 Å². The van der Waals surface area contributed by atoms with Gasteiger partial charge in [-0.2, -0.15) is 0 Å². The number of rotatable bonds is 3. The number of piperazine rings is 1. The van der Waals surface area contributed by atoms with Crippen molar-refractivity contribution in [3.8, 4) is 0 Å². The molecule has 0 atom stereocenters. The summed E-state index contributed by atoms with van der Waals surface area (Å²) in [5.41, 5.74) is 1.56. The van der Waals surface area contributed by atoms with E-state index in [-0.39, 0.29) is 0 Å². The Morgan fingerprint density at radius 3 is 2.15 bits per heavy atom. The molecule has 110 valence electrons. The maximum atomic E-state index is 2.76. The van der Waals surface area contributed by atoms with Crippen LogP contribution in [0.3, 0.4) is 0 Å². The molecule has 2 heteroatoms. The fraction of sp³-hybridized carbons (Fsp3) is 0.667. The molecule has 0 spiro atoms. The van der Waals surface area contributed by atoms with Crippen LogP contribution in [0.2, 0.25) is 0 Å². The Morgan fingerprint density at radius 1 is 0.900 bits per heavy atom. The van der Waals surface area contributed by atoms with Crippen molar-refractivity contribution in [3.05, 3.63) is 35.9 Å².